The molecule has 0 aromatic carbocycles. The molecule has 2 heterocycles. The normalized spacial score (nSPS) is 21.5. The molecule has 2 N–H and O–H groups in total. The molecule has 0 saturated carbocycles. The number of carbonyl (C=O) groups excluding carboxylic acids is 1. The molecule has 1 saturated heterocycles. The molecule has 0 aliphatic carbocycles. The van der Waals surface area contributed by atoms with Gasteiger partial charge in [0.25, 0.3) is 0 Å². The van der Waals surface area contributed by atoms with Crippen LogP contribution in [0.5, 0.6) is 0 Å². The number of imidazole rings is 1. The Morgan fingerprint density at radius 1 is 1.58 bits per heavy atom. The lowest BCUT2D eigenvalue weighted by Crippen LogP contribution is -2.55. The van der Waals surface area contributed by atoms with Crippen molar-refractivity contribution in [3.8, 4) is 0 Å². The molecule has 1 aliphatic heterocycles. The number of amides is 1. The molecular formula is C13H23ClN4O. The lowest BCUT2D eigenvalue weighted by atomic mass is 9.77. The van der Waals surface area contributed by atoms with E-state index >= 15 is 0 Å². The van der Waals surface area contributed by atoms with Crippen molar-refractivity contribution < 1.29 is 4.79 Å². The predicted octanol–water partition coefficient (Wildman–Crippen LogP) is 1.20. The first-order valence-corrected chi connectivity index (χ1v) is 6.56. The second-order valence-electron chi connectivity index (χ2n) is 5.57. The minimum Gasteiger partial charge on any atom is -0.353 e. The summed E-state index contributed by atoms with van der Waals surface area (Å²) >= 11 is 0. The Balaban J connectivity index is 0.00000180. The van der Waals surface area contributed by atoms with E-state index in [9.17, 15) is 4.79 Å². The van der Waals surface area contributed by atoms with Gasteiger partial charge < -0.3 is 15.2 Å². The molecule has 1 aromatic rings. The summed E-state index contributed by atoms with van der Waals surface area (Å²) < 4.78 is 1.96. The van der Waals surface area contributed by atoms with Crippen molar-refractivity contribution in [2.24, 2.45) is 5.41 Å². The van der Waals surface area contributed by atoms with Gasteiger partial charge in [0, 0.05) is 25.5 Å². The van der Waals surface area contributed by atoms with Crippen molar-refractivity contribution in [2.45, 2.75) is 39.3 Å². The minimum atomic E-state index is -0.0750. The van der Waals surface area contributed by atoms with Crippen molar-refractivity contribution in [1.29, 1.82) is 0 Å². The van der Waals surface area contributed by atoms with E-state index in [-0.39, 0.29) is 29.8 Å². The van der Waals surface area contributed by atoms with Crippen LogP contribution in [0.2, 0.25) is 0 Å². The number of hydrogen-bond donors (Lipinski definition) is 2. The van der Waals surface area contributed by atoms with Crippen LogP contribution >= 0.6 is 12.4 Å². The molecule has 1 aromatic heterocycles. The summed E-state index contributed by atoms with van der Waals surface area (Å²) in [6.07, 6.45) is 7.64. The molecule has 1 fully saturated rings. The fourth-order valence-electron chi connectivity index (χ4n) is 2.49. The molecule has 5 nitrogen and oxygen atoms in total. The lowest BCUT2D eigenvalue weighted by molar-refractivity contribution is -0.126. The van der Waals surface area contributed by atoms with Crippen LogP contribution in [-0.4, -0.2) is 34.6 Å². The van der Waals surface area contributed by atoms with Gasteiger partial charge in [-0.1, -0.05) is 13.8 Å². The van der Waals surface area contributed by atoms with E-state index in [1.165, 1.54) is 0 Å². The SMILES string of the molecule is CC1(C)CCCNC1C(=O)NCCn1ccnc1.Cl. The van der Waals surface area contributed by atoms with Gasteiger partial charge in [-0.15, -0.1) is 12.4 Å². The Morgan fingerprint density at radius 3 is 3.00 bits per heavy atom. The van der Waals surface area contributed by atoms with Crippen LogP contribution in [0.1, 0.15) is 26.7 Å². The second kappa shape index (κ2) is 6.91. The Morgan fingerprint density at radius 2 is 2.37 bits per heavy atom. The number of aromatic nitrogens is 2. The third-order valence-electron chi connectivity index (χ3n) is 3.62. The lowest BCUT2D eigenvalue weighted by Gasteiger charge is -2.38. The third kappa shape index (κ3) is 4.21. The Labute approximate surface area is 120 Å². The summed E-state index contributed by atoms with van der Waals surface area (Å²) in [7, 11) is 0. The molecule has 1 amide bonds. The molecular weight excluding hydrogens is 264 g/mol. The van der Waals surface area contributed by atoms with Crippen LogP contribution in [0.25, 0.3) is 0 Å². The Bertz CT molecular complexity index is 391. The Hall–Kier alpha value is -1.07. The highest BCUT2D eigenvalue weighted by molar-refractivity contribution is 5.85. The maximum Gasteiger partial charge on any atom is 0.237 e. The van der Waals surface area contributed by atoms with Gasteiger partial charge in [0.2, 0.25) is 5.91 Å². The number of rotatable bonds is 4. The fourth-order valence-corrected chi connectivity index (χ4v) is 2.49. The summed E-state index contributed by atoms with van der Waals surface area (Å²) in [5, 5.41) is 6.32. The molecule has 0 spiro atoms. The summed E-state index contributed by atoms with van der Waals surface area (Å²) in [6.45, 7) is 6.64. The highest BCUT2D eigenvalue weighted by Crippen LogP contribution is 2.29. The minimum absolute atomic E-state index is 0. The van der Waals surface area contributed by atoms with E-state index < -0.39 is 0 Å². The fraction of sp³-hybridized carbons (Fsp3) is 0.692. The molecule has 1 unspecified atom stereocenters. The van der Waals surface area contributed by atoms with E-state index in [0.29, 0.717) is 6.54 Å². The largest absolute Gasteiger partial charge is 0.353 e. The smallest absolute Gasteiger partial charge is 0.237 e. The highest BCUT2D eigenvalue weighted by Gasteiger charge is 2.36. The number of piperidine rings is 1. The molecule has 6 heteroatoms. The van der Waals surface area contributed by atoms with Crippen LogP contribution in [-0.2, 0) is 11.3 Å². The molecule has 1 atom stereocenters. The first-order chi connectivity index (χ1) is 8.59. The average Bonchev–Trinajstić information content (AvgIpc) is 2.81. The zero-order valence-corrected chi connectivity index (χ0v) is 12.4. The van der Waals surface area contributed by atoms with E-state index in [4.69, 9.17) is 0 Å². The van der Waals surface area contributed by atoms with Crippen molar-refractivity contribution >= 4 is 18.3 Å². The summed E-state index contributed by atoms with van der Waals surface area (Å²) in [4.78, 5) is 16.1. The monoisotopic (exact) mass is 286 g/mol. The zero-order chi connectivity index (χ0) is 13.0. The first-order valence-electron chi connectivity index (χ1n) is 6.56. The highest BCUT2D eigenvalue weighted by atomic mass is 35.5. The number of halogens is 1. The standard InChI is InChI=1S/C13H22N4O.ClH/c1-13(2)4-3-5-15-11(13)12(18)16-7-9-17-8-6-14-10-17;/h6,8,10-11,15H,3-5,7,9H2,1-2H3,(H,16,18);1H. The van der Waals surface area contributed by atoms with Gasteiger partial charge in [-0.2, -0.15) is 0 Å². The molecule has 108 valence electrons. The van der Waals surface area contributed by atoms with Crippen molar-refractivity contribution in [3.05, 3.63) is 18.7 Å². The summed E-state index contributed by atoms with van der Waals surface area (Å²) in [5.41, 5.74) is 0.0390. The van der Waals surface area contributed by atoms with Crippen molar-refractivity contribution in [1.82, 2.24) is 20.2 Å². The van der Waals surface area contributed by atoms with Gasteiger partial charge in [-0.25, -0.2) is 4.98 Å². The molecule has 2 rings (SSSR count). The van der Waals surface area contributed by atoms with Crippen LogP contribution < -0.4 is 10.6 Å². The third-order valence-corrected chi connectivity index (χ3v) is 3.62. The second-order valence-corrected chi connectivity index (χ2v) is 5.57. The number of carbonyl (C=O) groups is 1. The van der Waals surface area contributed by atoms with Crippen molar-refractivity contribution in [3.63, 3.8) is 0 Å². The Kier molecular flexibility index (Phi) is 5.82. The first kappa shape index (κ1) is 16.0. The number of nitrogens with one attached hydrogen (secondary N) is 2. The molecule has 19 heavy (non-hydrogen) atoms. The van der Waals surface area contributed by atoms with Crippen LogP contribution in [0.3, 0.4) is 0 Å². The summed E-state index contributed by atoms with van der Waals surface area (Å²) in [5.74, 6) is 0.111. The van der Waals surface area contributed by atoms with Gasteiger partial charge in [-0.05, 0) is 24.8 Å². The maximum absolute atomic E-state index is 12.1. The quantitative estimate of drug-likeness (QED) is 0.874. The zero-order valence-electron chi connectivity index (χ0n) is 11.6. The van der Waals surface area contributed by atoms with Gasteiger partial charge >= 0.3 is 0 Å². The van der Waals surface area contributed by atoms with Crippen LogP contribution in [0.4, 0.5) is 0 Å². The van der Waals surface area contributed by atoms with E-state index in [1.54, 1.807) is 12.5 Å². The van der Waals surface area contributed by atoms with Gasteiger partial charge in [-0.3, -0.25) is 4.79 Å². The van der Waals surface area contributed by atoms with Crippen LogP contribution in [0.15, 0.2) is 18.7 Å². The number of hydrogen-bond acceptors (Lipinski definition) is 3. The van der Waals surface area contributed by atoms with E-state index in [1.807, 2.05) is 10.8 Å². The summed E-state index contributed by atoms with van der Waals surface area (Å²) in [6, 6.07) is -0.0750. The predicted molar refractivity (Wildman–Crippen MR) is 77.3 cm³/mol. The van der Waals surface area contributed by atoms with Crippen molar-refractivity contribution in [2.75, 3.05) is 13.1 Å². The maximum atomic E-state index is 12.1. The van der Waals surface area contributed by atoms with E-state index in [0.717, 1.165) is 25.9 Å². The van der Waals surface area contributed by atoms with Gasteiger partial charge in [0.15, 0.2) is 0 Å². The van der Waals surface area contributed by atoms with Gasteiger partial charge in [0.1, 0.15) is 0 Å². The van der Waals surface area contributed by atoms with Crippen LogP contribution in [0, 0.1) is 5.41 Å². The van der Waals surface area contributed by atoms with E-state index in [2.05, 4.69) is 29.5 Å². The topological polar surface area (TPSA) is 59.0 Å². The average molecular weight is 287 g/mol. The molecule has 0 radical (unpaired) electrons. The molecule has 0 bridgehead atoms. The number of nitrogens with zero attached hydrogens (tertiary/aromatic N) is 2. The van der Waals surface area contributed by atoms with Gasteiger partial charge in [0.05, 0.1) is 12.4 Å². The molecule has 1 aliphatic rings.